The van der Waals surface area contributed by atoms with Gasteiger partial charge in [-0.2, -0.15) is 0 Å². The van der Waals surface area contributed by atoms with Gasteiger partial charge < -0.3 is 10.4 Å². The van der Waals surface area contributed by atoms with Crippen LogP contribution in [-0.2, 0) is 0 Å². The van der Waals surface area contributed by atoms with Crippen LogP contribution >= 0.6 is 39.1 Å². The molecule has 0 fully saturated rings. The molecule has 0 radical (unpaired) electrons. The molecule has 2 rings (SSSR count). The van der Waals surface area contributed by atoms with E-state index in [9.17, 15) is 9.90 Å². The minimum atomic E-state index is -1.00. The van der Waals surface area contributed by atoms with Crippen molar-refractivity contribution in [1.29, 1.82) is 0 Å². The molecule has 6 heteroatoms. The Labute approximate surface area is 141 Å². The molecule has 1 atom stereocenters. The molecule has 2 N–H and O–H groups in total. The van der Waals surface area contributed by atoms with Crippen molar-refractivity contribution in [2.75, 3.05) is 5.32 Å². The molecule has 0 saturated carbocycles. The first kappa shape index (κ1) is 16.1. The maximum Gasteiger partial charge on any atom is 0.338 e. The highest BCUT2D eigenvalue weighted by molar-refractivity contribution is 9.10. The summed E-state index contributed by atoms with van der Waals surface area (Å²) in [7, 11) is 0. The summed E-state index contributed by atoms with van der Waals surface area (Å²) >= 11 is 15.3. The smallest absolute Gasteiger partial charge is 0.338 e. The van der Waals surface area contributed by atoms with Crippen LogP contribution in [0.15, 0.2) is 40.9 Å². The van der Waals surface area contributed by atoms with E-state index in [0.29, 0.717) is 20.2 Å². The van der Waals surface area contributed by atoms with Gasteiger partial charge in [0.25, 0.3) is 0 Å². The first-order valence-electron chi connectivity index (χ1n) is 6.13. The Morgan fingerprint density at radius 1 is 1.29 bits per heavy atom. The van der Waals surface area contributed by atoms with E-state index < -0.39 is 5.97 Å². The fourth-order valence-corrected chi connectivity index (χ4v) is 3.13. The van der Waals surface area contributed by atoms with Gasteiger partial charge in [-0.3, -0.25) is 0 Å². The van der Waals surface area contributed by atoms with E-state index in [1.807, 2.05) is 13.0 Å². The second kappa shape index (κ2) is 6.69. The quantitative estimate of drug-likeness (QED) is 0.713. The van der Waals surface area contributed by atoms with Gasteiger partial charge in [0.1, 0.15) is 0 Å². The number of aromatic carboxylic acids is 1. The molecule has 0 amide bonds. The Kier molecular flexibility index (Phi) is 5.14. The third kappa shape index (κ3) is 3.70. The standard InChI is InChI=1S/C15H12BrCl2NO2/c1-8(10-6-5-9(17)7-12(10)18)19-13-4-2-3-11(16)14(13)15(20)21/h2-8,19H,1H3,(H,20,21). The molecule has 3 nitrogen and oxygen atoms in total. The lowest BCUT2D eigenvalue weighted by atomic mass is 10.1. The summed E-state index contributed by atoms with van der Waals surface area (Å²) in [5, 5.41) is 13.6. The second-order valence-corrected chi connectivity index (χ2v) is 6.20. The van der Waals surface area contributed by atoms with Crippen LogP contribution in [0.2, 0.25) is 10.0 Å². The molecule has 0 saturated heterocycles. The maximum absolute atomic E-state index is 11.4. The van der Waals surface area contributed by atoms with Crippen LogP contribution in [0.3, 0.4) is 0 Å². The molecule has 0 aliphatic carbocycles. The average molecular weight is 389 g/mol. The summed E-state index contributed by atoms with van der Waals surface area (Å²) in [6.07, 6.45) is 0. The maximum atomic E-state index is 11.4. The van der Waals surface area contributed by atoms with E-state index in [-0.39, 0.29) is 11.6 Å². The molecule has 110 valence electrons. The lowest BCUT2D eigenvalue weighted by Crippen LogP contribution is -2.11. The highest BCUT2D eigenvalue weighted by Gasteiger charge is 2.17. The topological polar surface area (TPSA) is 49.3 Å². The monoisotopic (exact) mass is 387 g/mol. The number of anilines is 1. The van der Waals surface area contributed by atoms with E-state index >= 15 is 0 Å². The van der Waals surface area contributed by atoms with Crippen molar-refractivity contribution in [3.63, 3.8) is 0 Å². The Balaban J connectivity index is 2.34. The SMILES string of the molecule is CC(Nc1cccc(Br)c1C(=O)O)c1ccc(Cl)cc1Cl. The van der Waals surface area contributed by atoms with Gasteiger partial charge >= 0.3 is 5.97 Å². The number of carboxylic acid groups (broad SMARTS) is 1. The number of hydrogen-bond acceptors (Lipinski definition) is 2. The van der Waals surface area contributed by atoms with Gasteiger partial charge in [-0.15, -0.1) is 0 Å². The normalized spacial score (nSPS) is 12.0. The first-order valence-corrected chi connectivity index (χ1v) is 7.68. The minimum absolute atomic E-state index is 0.165. The van der Waals surface area contributed by atoms with Gasteiger partial charge in [0.05, 0.1) is 17.3 Å². The third-order valence-corrected chi connectivity index (χ3v) is 4.25. The number of halogens is 3. The van der Waals surface area contributed by atoms with Crippen molar-refractivity contribution in [1.82, 2.24) is 0 Å². The van der Waals surface area contributed by atoms with E-state index in [1.165, 1.54) is 0 Å². The second-order valence-electron chi connectivity index (χ2n) is 4.50. The minimum Gasteiger partial charge on any atom is -0.478 e. The van der Waals surface area contributed by atoms with Crippen LogP contribution in [0, 0.1) is 0 Å². The number of nitrogens with one attached hydrogen (secondary N) is 1. The Bertz CT molecular complexity index is 691. The molecule has 21 heavy (non-hydrogen) atoms. The summed E-state index contributed by atoms with van der Waals surface area (Å²) in [5.74, 6) is -1.00. The van der Waals surface area contributed by atoms with Crippen LogP contribution in [0.5, 0.6) is 0 Å². The van der Waals surface area contributed by atoms with Crippen LogP contribution in [0.1, 0.15) is 28.9 Å². The van der Waals surface area contributed by atoms with E-state index in [2.05, 4.69) is 21.2 Å². The molecule has 1 unspecified atom stereocenters. The molecule has 0 spiro atoms. The molecule has 0 aliphatic rings. The van der Waals surface area contributed by atoms with Crippen LogP contribution in [0.25, 0.3) is 0 Å². The first-order chi connectivity index (χ1) is 9.90. The van der Waals surface area contributed by atoms with Gasteiger partial charge in [-0.25, -0.2) is 4.79 Å². The average Bonchev–Trinajstić information content (AvgIpc) is 2.37. The van der Waals surface area contributed by atoms with Crippen molar-refractivity contribution >= 4 is 50.8 Å². The Morgan fingerprint density at radius 2 is 2.00 bits per heavy atom. The molecular formula is C15H12BrCl2NO2. The number of benzene rings is 2. The van der Waals surface area contributed by atoms with E-state index in [0.717, 1.165) is 5.56 Å². The number of carboxylic acids is 1. The lowest BCUT2D eigenvalue weighted by Gasteiger charge is -2.19. The molecule has 0 aliphatic heterocycles. The largest absolute Gasteiger partial charge is 0.478 e. The summed E-state index contributed by atoms with van der Waals surface area (Å²) in [6.45, 7) is 1.90. The Hall–Kier alpha value is -1.23. The molecular weight excluding hydrogens is 377 g/mol. The number of carbonyl (C=O) groups is 1. The van der Waals surface area contributed by atoms with Gasteiger partial charge in [0, 0.05) is 14.5 Å². The van der Waals surface area contributed by atoms with Gasteiger partial charge in [0.2, 0.25) is 0 Å². The van der Waals surface area contributed by atoms with Crippen molar-refractivity contribution in [2.24, 2.45) is 0 Å². The summed E-state index contributed by atoms with van der Waals surface area (Å²) in [5.41, 5.74) is 1.56. The molecule has 2 aromatic carbocycles. The van der Waals surface area contributed by atoms with Crippen LogP contribution in [-0.4, -0.2) is 11.1 Å². The van der Waals surface area contributed by atoms with Crippen LogP contribution in [0.4, 0.5) is 5.69 Å². The predicted octanol–water partition coefficient (Wildman–Crippen LogP) is 5.63. The lowest BCUT2D eigenvalue weighted by molar-refractivity contribution is 0.0697. The van der Waals surface area contributed by atoms with Gasteiger partial charge in [0.15, 0.2) is 0 Å². The zero-order valence-electron chi connectivity index (χ0n) is 11.0. The highest BCUT2D eigenvalue weighted by Crippen LogP contribution is 2.31. The van der Waals surface area contributed by atoms with E-state index in [4.69, 9.17) is 23.2 Å². The molecule has 2 aromatic rings. The number of hydrogen-bond donors (Lipinski definition) is 2. The van der Waals surface area contributed by atoms with Crippen molar-refractivity contribution in [3.8, 4) is 0 Å². The van der Waals surface area contributed by atoms with Crippen molar-refractivity contribution < 1.29 is 9.90 Å². The molecule has 0 bridgehead atoms. The fourth-order valence-electron chi connectivity index (χ4n) is 2.03. The third-order valence-electron chi connectivity index (χ3n) is 3.03. The van der Waals surface area contributed by atoms with E-state index in [1.54, 1.807) is 30.3 Å². The fraction of sp³-hybridized carbons (Fsp3) is 0.133. The van der Waals surface area contributed by atoms with Crippen molar-refractivity contribution in [2.45, 2.75) is 13.0 Å². The van der Waals surface area contributed by atoms with Crippen molar-refractivity contribution in [3.05, 3.63) is 62.0 Å². The molecule has 0 heterocycles. The predicted molar refractivity (Wildman–Crippen MR) is 89.6 cm³/mol. The zero-order valence-corrected chi connectivity index (χ0v) is 14.1. The van der Waals surface area contributed by atoms with Gasteiger partial charge in [-0.1, -0.05) is 35.3 Å². The molecule has 0 aromatic heterocycles. The highest BCUT2D eigenvalue weighted by atomic mass is 79.9. The summed E-state index contributed by atoms with van der Waals surface area (Å²) < 4.78 is 0.523. The summed E-state index contributed by atoms with van der Waals surface area (Å²) in [4.78, 5) is 11.4. The Morgan fingerprint density at radius 3 is 2.62 bits per heavy atom. The zero-order chi connectivity index (χ0) is 15.6. The van der Waals surface area contributed by atoms with Crippen LogP contribution < -0.4 is 5.32 Å². The summed E-state index contributed by atoms with van der Waals surface area (Å²) in [6, 6.07) is 10.2. The number of rotatable bonds is 4. The van der Waals surface area contributed by atoms with Gasteiger partial charge in [-0.05, 0) is 52.7 Å².